The molecule has 0 aliphatic heterocycles. The van der Waals surface area contributed by atoms with Gasteiger partial charge >= 0.3 is 0 Å². The molecule has 0 N–H and O–H groups in total. The van der Waals surface area contributed by atoms with E-state index in [-0.39, 0.29) is 5.78 Å². The van der Waals surface area contributed by atoms with Crippen molar-refractivity contribution in [3.8, 4) is 0 Å². The number of fused-ring (bicyclic) bond motifs is 1. The summed E-state index contributed by atoms with van der Waals surface area (Å²) in [6.07, 6.45) is 1.25. The molecule has 3 aromatic heterocycles. The van der Waals surface area contributed by atoms with E-state index in [0.717, 1.165) is 27.2 Å². The third-order valence-electron chi connectivity index (χ3n) is 3.25. The number of aromatic nitrogens is 2. The Balaban J connectivity index is 1.89. The number of ketones is 1. The Hall–Kier alpha value is -0.980. The maximum atomic E-state index is 12.4. The summed E-state index contributed by atoms with van der Waals surface area (Å²) in [6, 6.07) is 4.06. The lowest BCUT2D eigenvalue weighted by Crippen LogP contribution is -2.07. The minimum absolute atomic E-state index is 0.157. The van der Waals surface area contributed by atoms with Crippen LogP contribution in [-0.2, 0) is 19.9 Å². The van der Waals surface area contributed by atoms with Gasteiger partial charge in [0.05, 0.1) is 27.2 Å². The zero-order valence-corrected chi connectivity index (χ0v) is 14.4. The fourth-order valence-corrected chi connectivity index (χ4v) is 4.96. The number of aryl methyl sites for hydroxylation is 2. The lowest BCUT2D eigenvalue weighted by atomic mass is 10.2. The van der Waals surface area contributed by atoms with Crippen LogP contribution in [0.4, 0.5) is 0 Å². The van der Waals surface area contributed by atoms with Crippen molar-refractivity contribution in [2.45, 2.75) is 19.8 Å². The predicted octanol–water partition coefficient (Wildman–Crippen LogP) is 4.45. The van der Waals surface area contributed by atoms with Crippen LogP contribution in [0.25, 0.3) is 9.40 Å². The molecule has 0 radical (unpaired) electrons. The third kappa shape index (κ3) is 2.36. The van der Waals surface area contributed by atoms with Crippen LogP contribution in [0.2, 0.25) is 0 Å². The van der Waals surface area contributed by atoms with Gasteiger partial charge in [-0.05, 0) is 39.9 Å². The van der Waals surface area contributed by atoms with Crippen LogP contribution in [0, 0.1) is 0 Å². The predicted molar refractivity (Wildman–Crippen MR) is 88.0 cm³/mol. The molecule has 104 valence electrons. The molecule has 0 aliphatic rings. The highest BCUT2D eigenvalue weighted by Gasteiger charge is 2.18. The molecule has 0 atom stereocenters. The maximum Gasteiger partial charge on any atom is 0.178 e. The monoisotopic (exact) mass is 368 g/mol. The van der Waals surface area contributed by atoms with Crippen molar-refractivity contribution in [3.05, 3.63) is 38.3 Å². The fourth-order valence-electron chi connectivity index (χ4n) is 2.15. The van der Waals surface area contributed by atoms with E-state index >= 15 is 0 Å². The third-order valence-corrected chi connectivity index (χ3v) is 6.29. The van der Waals surface area contributed by atoms with Gasteiger partial charge in [0.15, 0.2) is 5.78 Å². The average molecular weight is 369 g/mol. The molecule has 0 unspecified atom stereocenters. The molecular weight excluding hydrogens is 356 g/mol. The van der Waals surface area contributed by atoms with Crippen LogP contribution >= 0.6 is 38.6 Å². The van der Waals surface area contributed by atoms with E-state index in [4.69, 9.17) is 0 Å². The molecule has 0 saturated carbocycles. The Morgan fingerprint density at radius 2 is 2.25 bits per heavy atom. The molecule has 0 saturated heterocycles. The summed E-state index contributed by atoms with van der Waals surface area (Å²) < 4.78 is 5.15. The first-order valence-corrected chi connectivity index (χ1v) is 8.79. The number of hydrogen-bond donors (Lipinski definition) is 0. The van der Waals surface area contributed by atoms with Crippen molar-refractivity contribution in [2.24, 2.45) is 7.05 Å². The Bertz CT molecular complexity index is 756. The van der Waals surface area contributed by atoms with E-state index in [1.165, 1.54) is 9.40 Å². The number of hydrogen-bond acceptors (Lipinski definition) is 4. The first kappa shape index (κ1) is 14.0. The van der Waals surface area contributed by atoms with Gasteiger partial charge < -0.3 is 0 Å². The normalized spacial score (nSPS) is 11.3. The molecule has 0 amide bonds. The highest BCUT2D eigenvalue weighted by atomic mass is 79.9. The van der Waals surface area contributed by atoms with E-state index in [0.29, 0.717) is 6.42 Å². The van der Waals surface area contributed by atoms with Crippen LogP contribution in [0.5, 0.6) is 0 Å². The lowest BCUT2D eigenvalue weighted by molar-refractivity contribution is 0.0994. The number of nitrogens with zero attached hydrogens (tertiary/aromatic N) is 2. The molecule has 0 bridgehead atoms. The number of Topliss-reactive ketones (excluding diaryl/α,β-unsaturated/α-hetero) is 1. The number of thiophene rings is 2. The van der Waals surface area contributed by atoms with Crippen molar-refractivity contribution in [1.29, 1.82) is 0 Å². The second kappa shape index (κ2) is 5.42. The number of carbonyl (C=O) groups excluding carboxylic acids is 1. The minimum Gasteiger partial charge on any atom is -0.293 e. The van der Waals surface area contributed by atoms with Crippen LogP contribution in [0.1, 0.15) is 28.0 Å². The van der Waals surface area contributed by atoms with E-state index in [1.54, 1.807) is 27.4 Å². The van der Waals surface area contributed by atoms with Gasteiger partial charge in [0, 0.05) is 16.4 Å². The van der Waals surface area contributed by atoms with Gasteiger partial charge in [0.1, 0.15) is 0 Å². The zero-order chi connectivity index (χ0) is 14.3. The smallest absolute Gasteiger partial charge is 0.178 e. The molecule has 3 aromatic rings. The highest BCUT2D eigenvalue weighted by molar-refractivity contribution is 9.10. The van der Waals surface area contributed by atoms with Gasteiger partial charge in [-0.3, -0.25) is 9.48 Å². The summed E-state index contributed by atoms with van der Waals surface area (Å²) in [6.45, 7) is 2.06. The molecule has 20 heavy (non-hydrogen) atoms. The summed E-state index contributed by atoms with van der Waals surface area (Å²) in [5.74, 6) is 0.157. The number of halogens is 1. The second-order valence-corrected chi connectivity index (χ2v) is 7.37. The SMILES string of the molecule is CCc1nn(C)c(CC(=O)c2cc3sccc3s2)c1Br. The van der Waals surface area contributed by atoms with Gasteiger partial charge in [-0.25, -0.2) is 0 Å². The Labute approximate surface area is 133 Å². The molecule has 3 rings (SSSR count). The average Bonchev–Trinajstić information content (AvgIpc) is 3.07. The van der Waals surface area contributed by atoms with E-state index < -0.39 is 0 Å². The van der Waals surface area contributed by atoms with E-state index in [1.807, 2.05) is 13.1 Å². The van der Waals surface area contributed by atoms with Gasteiger partial charge in [-0.15, -0.1) is 22.7 Å². The summed E-state index contributed by atoms with van der Waals surface area (Å²) in [5.41, 5.74) is 1.95. The Morgan fingerprint density at radius 1 is 1.45 bits per heavy atom. The summed E-state index contributed by atoms with van der Waals surface area (Å²) >= 11 is 6.81. The van der Waals surface area contributed by atoms with Crippen molar-refractivity contribution >= 4 is 53.8 Å². The maximum absolute atomic E-state index is 12.4. The Kier molecular flexibility index (Phi) is 3.79. The minimum atomic E-state index is 0.157. The van der Waals surface area contributed by atoms with Gasteiger partial charge in [0.2, 0.25) is 0 Å². The van der Waals surface area contributed by atoms with Crippen molar-refractivity contribution < 1.29 is 4.79 Å². The molecule has 0 aromatic carbocycles. The first-order chi connectivity index (χ1) is 9.60. The van der Waals surface area contributed by atoms with Crippen molar-refractivity contribution in [1.82, 2.24) is 9.78 Å². The zero-order valence-electron chi connectivity index (χ0n) is 11.1. The summed E-state index contributed by atoms with van der Waals surface area (Å²) in [7, 11) is 1.89. The molecule has 0 aliphatic carbocycles. The van der Waals surface area contributed by atoms with Crippen LogP contribution < -0.4 is 0 Å². The molecule has 6 heteroatoms. The lowest BCUT2D eigenvalue weighted by Gasteiger charge is -2.01. The van der Waals surface area contributed by atoms with Crippen LogP contribution in [0.15, 0.2) is 22.0 Å². The Morgan fingerprint density at radius 3 is 2.90 bits per heavy atom. The van der Waals surface area contributed by atoms with E-state index in [2.05, 4.69) is 39.4 Å². The summed E-state index contributed by atoms with van der Waals surface area (Å²) in [4.78, 5) is 13.3. The van der Waals surface area contributed by atoms with Crippen LogP contribution in [0.3, 0.4) is 0 Å². The van der Waals surface area contributed by atoms with Gasteiger partial charge in [-0.1, -0.05) is 6.92 Å². The standard InChI is InChI=1S/C14H13BrN2OS2/c1-3-8-14(15)9(17(2)16-8)6-10(18)12-7-13-11(20-12)4-5-19-13/h4-5,7H,3,6H2,1-2H3. The topological polar surface area (TPSA) is 34.9 Å². The van der Waals surface area contributed by atoms with Gasteiger partial charge in [-0.2, -0.15) is 5.10 Å². The van der Waals surface area contributed by atoms with E-state index in [9.17, 15) is 4.79 Å². The second-order valence-electron chi connectivity index (χ2n) is 4.54. The summed E-state index contributed by atoms with van der Waals surface area (Å²) in [5, 5.41) is 6.49. The quantitative estimate of drug-likeness (QED) is 0.637. The highest BCUT2D eigenvalue weighted by Crippen LogP contribution is 2.31. The largest absolute Gasteiger partial charge is 0.293 e. The van der Waals surface area contributed by atoms with Crippen LogP contribution in [-0.4, -0.2) is 15.6 Å². The number of carbonyl (C=O) groups is 1. The fraction of sp³-hybridized carbons (Fsp3) is 0.286. The first-order valence-electron chi connectivity index (χ1n) is 6.30. The molecule has 3 nitrogen and oxygen atoms in total. The van der Waals surface area contributed by atoms with Crippen molar-refractivity contribution in [2.75, 3.05) is 0 Å². The van der Waals surface area contributed by atoms with Crippen molar-refractivity contribution in [3.63, 3.8) is 0 Å². The molecule has 3 heterocycles. The molecular formula is C14H13BrN2OS2. The molecule has 0 fully saturated rings. The molecule has 0 spiro atoms. The number of rotatable bonds is 4. The van der Waals surface area contributed by atoms with Gasteiger partial charge in [0.25, 0.3) is 0 Å².